The van der Waals surface area contributed by atoms with Gasteiger partial charge in [-0.1, -0.05) is 32.9 Å². The summed E-state index contributed by atoms with van der Waals surface area (Å²) >= 11 is 5.28. The summed E-state index contributed by atoms with van der Waals surface area (Å²) in [5.41, 5.74) is 6.55. The number of hydrogen-bond donors (Lipinski definition) is 0. The van der Waals surface area contributed by atoms with Crippen LogP contribution in [0.4, 0.5) is 0 Å². The summed E-state index contributed by atoms with van der Waals surface area (Å²) in [6, 6.07) is 4.60. The second kappa shape index (κ2) is 5.02. The number of benzene rings is 1. The molecule has 0 aliphatic rings. The zero-order chi connectivity index (χ0) is 14.4. The summed E-state index contributed by atoms with van der Waals surface area (Å²) in [4.78, 5) is 4.67. The second-order valence-electron chi connectivity index (χ2n) is 6.11. The van der Waals surface area contributed by atoms with Gasteiger partial charge in [-0.05, 0) is 58.8 Å². The Hall–Kier alpha value is -0.670. The average Bonchev–Trinajstić information content (AvgIpc) is 2.56. The van der Waals surface area contributed by atoms with E-state index in [0.29, 0.717) is 0 Å². The first-order chi connectivity index (χ1) is 8.70. The normalized spacial score (nSPS) is 11.9. The van der Waals surface area contributed by atoms with Crippen molar-refractivity contribution in [2.75, 3.05) is 0 Å². The molecule has 2 rings (SSSR count). The Kier molecular flexibility index (Phi) is 3.90. The SMILES string of the molecule is Cc1cc(C(C)(C)C)cc(C)c1-c1nc(C)c(Br)s1. The third-order valence-electron chi connectivity index (χ3n) is 3.35. The van der Waals surface area contributed by atoms with E-state index in [0.717, 1.165) is 14.5 Å². The maximum atomic E-state index is 4.67. The van der Waals surface area contributed by atoms with Crippen LogP contribution in [0, 0.1) is 20.8 Å². The van der Waals surface area contributed by atoms with Gasteiger partial charge >= 0.3 is 0 Å². The molecule has 0 atom stereocenters. The Balaban J connectivity index is 2.60. The van der Waals surface area contributed by atoms with Gasteiger partial charge < -0.3 is 0 Å². The highest BCUT2D eigenvalue weighted by molar-refractivity contribution is 9.11. The van der Waals surface area contributed by atoms with Crippen LogP contribution in [0.2, 0.25) is 0 Å². The minimum Gasteiger partial charge on any atom is -0.240 e. The van der Waals surface area contributed by atoms with E-state index in [1.54, 1.807) is 11.3 Å². The van der Waals surface area contributed by atoms with Crippen LogP contribution in [0.15, 0.2) is 15.9 Å². The molecular formula is C16H20BrNS. The average molecular weight is 338 g/mol. The van der Waals surface area contributed by atoms with Gasteiger partial charge in [0.15, 0.2) is 0 Å². The third-order valence-corrected chi connectivity index (χ3v) is 5.38. The van der Waals surface area contributed by atoms with Gasteiger partial charge in [0.25, 0.3) is 0 Å². The third kappa shape index (κ3) is 2.92. The number of rotatable bonds is 1. The number of halogens is 1. The number of aromatic nitrogens is 1. The number of aryl methyl sites for hydroxylation is 3. The summed E-state index contributed by atoms with van der Waals surface area (Å²) in [5, 5.41) is 1.11. The van der Waals surface area contributed by atoms with E-state index in [1.165, 1.54) is 22.3 Å². The van der Waals surface area contributed by atoms with E-state index < -0.39 is 0 Å². The Morgan fingerprint density at radius 3 is 1.95 bits per heavy atom. The van der Waals surface area contributed by atoms with Crippen LogP contribution in [-0.4, -0.2) is 4.98 Å². The maximum absolute atomic E-state index is 4.67. The lowest BCUT2D eigenvalue weighted by Crippen LogP contribution is -2.12. The van der Waals surface area contributed by atoms with Crippen molar-refractivity contribution in [1.82, 2.24) is 4.98 Å². The van der Waals surface area contributed by atoms with Gasteiger partial charge in [-0.2, -0.15) is 0 Å². The Morgan fingerprint density at radius 1 is 1.05 bits per heavy atom. The van der Waals surface area contributed by atoms with Gasteiger partial charge in [-0.15, -0.1) is 11.3 Å². The second-order valence-corrected chi connectivity index (χ2v) is 8.43. The molecular weight excluding hydrogens is 318 g/mol. The van der Waals surface area contributed by atoms with Crippen molar-refractivity contribution in [1.29, 1.82) is 0 Å². The molecule has 1 aromatic heterocycles. The molecule has 19 heavy (non-hydrogen) atoms. The summed E-state index contributed by atoms with van der Waals surface area (Å²) in [6.45, 7) is 13.2. The van der Waals surface area contributed by atoms with Crippen molar-refractivity contribution >= 4 is 27.3 Å². The highest BCUT2D eigenvalue weighted by atomic mass is 79.9. The first-order valence-electron chi connectivity index (χ1n) is 6.45. The molecule has 1 aromatic carbocycles. The van der Waals surface area contributed by atoms with Gasteiger partial charge in [-0.25, -0.2) is 4.98 Å². The van der Waals surface area contributed by atoms with Crippen LogP contribution in [-0.2, 0) is 5.41 Å². The predicted octanol–water partition coefficient (Wildman–Crippen LogP) is 5.80. The first kappa shape index (κ1) is 14.7. The van der Waals surface area contributed by atoms with E-state index in [9.17, 15) is 0 Å². The molecule has 2 aromatic rings. The molecule has 0 bridgehead atoms. The zero-order valence-electron chi connectivity index (χ0n) is 12.4. The summed E-state index contributed by atoms with van der Waals surface area (Å²) in [5.74, 6) is 0. The van der Waals surface area contributed by atoms with Crippen LogP contribution in [0.1, 0.15) is 43.2 Å². The Bertz CT molecular complexity index is 578. The highest BCUT2D eigenvalue weighted by Gasteiger charge is 2.18. The smallest absolute Gasteiger partial charge is 0.125 e. The number of thiazole rings is 1. The fourth-order valence-corrected chi connectivity index (χ4v) is 3.74. The van der Waals surface area contributed by atoms with Crippen molar-refractivity contribution in [3.63, 3.8) is 0 Å². The van der Waals surface area contributed by atoms with E-state index in [1.807, 2.05) is 6.92 Å². The maximum Gasteiger partial charge on any atom is 0.125 e. The lowest BCUT2D eigenvalue weighted by molar-refractivity contribution is 0.589. The Labute approximate surface area is 128 Å². The molecule has 102 valence electrons. The molecule has 3 heteroatoms. The van der Waals surface area contributed by atoms with Crippen LogP contribution in [0.5, 0.6) is 0 Å². The molecule has 0 fully saturated rings. The minimum absolute atomic E-state index is 0.188. The number of hydrogen-bond acceptors (Lipinski definition) is 2. The van der Waals surface area contributed by atoms with Gasteiger partial charge in [-0.3, -0.25) is 0 Å². The molecule has 0 spiro atoms. The van der Waals surface area contributed by atoms with Crippen molar-refractivity contribution in [3.8, 4) is 10.6 Å². The molecule has 1 heterocycles. The van der Waals surface area contributed by atoms with E-state index in [2.05, 4.69) is 67.7 Å². The van der Waals surface area contributed by atoms with E-state index in [-0.39, 0.29) is 5.41 Å². The first-order valence-corrected chi connectivity index (χ1v) is 8.06. The van der Waals surface area contributed by atoms with Gasteiger partial charge in [0.1, 0.15) is 5.01 Å². The van der Waals surface area contributed by atoms with Gasteiger partial charge in [0.05, 0.1) is 9.48 Å². The van der Waals surface area contributed by atoms with E-state index in [4.69, 9.17) is 0 Å². The van der Waals surface area contributed by atoms with Gasteiger partial charge in [0, 0.05) is 5.56 Å². The largest absolute Gasteiger partial charge is 0.240 e. The van der Waals surface area contributed by atoms with Crippen molar-refractivity contribution in [3.05, 3.63) is 38.3 Å². The zero-order valence-corrected chi connectivity index (χ0v) is 14.8. The lowest BCUT2D eigenvalue weighted by atomic mass is 9.84. The topological polar surface area (TPSA) is 12.9 Å². The molecule has 0 N–H and O–H groups in total. The standard InChI is InChI=1S/C16H20BrNS/c1-9-7-12(16(4,5)6)8-10(2)13(9)15-18-11(3)14(17)19-15/h7-8H,1-6H3. The van der Waals surface area contributed by atoms with Crippen LogP contribution in [0.3, 0.4) is 0 Å². The van der Waals surface area contributed by atoms with Crippen LogP contribution in [0.25, 0.3) is 10.6 Å². The molecule has 0 saturated heterocycles. The summed E-state index contributed by atoms with van der Waals surface area (Å²) < 4.78 is 1.13. The van der Waals surface area contributed by atoms with Crippen molar-refractivity contribution < 1.29 is 0 Å². The quantitative estimate of drug-likeness (QED) is 0.641. The van der Waals surface area contributed by atoms with Gasteiger partial charge in [0.2, 0.25) is 0 Å². The fraction of sp³-hybridized carbons (Fsp3) is 0.438. The molecule has 0 unspecified atom stereocenters. The monoisotopic (exact) mass is 337 g/mol. The minimum atomic E-state index is 0.188. The summed E-state index contributed by atoms with van der Waals surface area (Å²) in [6.07, 6.45) is 0. The van der Waals surface area contributed by atoms with Crippen molar-refractivity contribution in [2.45, 2.75) is 47.0 Å². The predicted molar refractivity (Wildman–Crippen MR) is 88.2 cm³/mol. The molecule has 0 aliphatic heterocycles. The molecule has 0 radical (unpaired) electrons. The van der Waals surface area contributed by atoms with Crippen LogP contribution >= 0.6 is 27.3 Å². The lowest BCUT2D eigenvalue weighted by Gasteiger charge is -2.21. The molecule has 0 saturated carbocycles. The molecule has 0 amide bonds. The fourth-order valence-electron chi connectivity index (χ4n) is 2.22. The summed E-state index contributed by atoms with van der Waals surface area (Å²) in [7, 11) is 0. The number of nitrogens with zero attached hydrogens (tertiary/aromatic N) is 1. The van der Waals surface area contributed by atoms with Crippen molar-refractivity contribution in [2.24, 2.45) is 0 Å². The molecule has 0 aliphatic carbocycles. The highest BCUT2D eigenvalue weighted by Crippen LogP contribution is 2.37. The van der Waals surface area contributed by atoms with Crippen LogP contribution < -0.4 is 0 Å². The molecule has 1 nitrogen and oxygen atoms in total. The van der Waals surface area contributed by atoms with E-state index >= 15 is 0 Å². The Morgan fingerprint density at radius 2 is 1.58 bits per heavy atom.